The number of pyridine rings is 1. The van der Waals surface area contributed by atoms with E-state index in [2.05, 4.69) is 49.1 Å². The number of para-hydroxylation sites is 1. The van der Waals surface area contributed by atoms with Crippen LogP contribution < -0.4 is 29.3 Å². The van der Waals surface area contributed by atoms with Crippen LogP contribution in [-0.2, 0) is 25.0 Å². The molecule has 5 aromatic rings. The van der Waals surface area contributed by atoms with Crippen molar-refractivity contribution in [2.45, 2.75) is 92.8 Å². The molecule has 8 heterocycles. The first-order valence-electron chi connectivity index (χ1n) is 24.6. The molecule has 0 radical (unpaired) electrons. The molecule has 7 aliphatic rings. The number of sulfonamides is 1. The van der Waals surface area contributed by atoms with Crippen molar-refractivity contribution in [3.63, 3.8) is 0 Å². The molecule has 3 N–H and O–H groups in total. The first-order valence-corrected chi connectivity index (χ1v) is 26.1. The van der Waals surface area contributed by atoms with Crippen molar-refractivity contribution in [1.29, 1.82) is 0 Å². The number of benzene rings is 3. The Labute approximate surface area is 401 Å². The van der Waals surface area contributed by atoms with E-state index in [1.54, 1.807) is 6.07 Å². The van der Waals surface area contributed by atoms with Crippen LogP contribution in [0.3, 0.4) is 0 Å². The largest absolute Gasteiger partial charge is 0.493 e. The van der Waals surface area contributed by atoms with Gasteiger partial charge in [0.1, 0.15) is 28.9 Å². The summed E-state index contributed by atoms with van der Waals surface area (Å²) in [7, 11) is -4.59. The first-order chi connectivity index (χ1) is 33.6. The number of piperidine rings is 2. The Hall–Kier alpha value is -5.95. The Morgan fingerprint density at radius 2 is 1.74 bits per heavy atom. The van der Waals surface area contributed by atoms with Gasteiger partial charge < -0.3 is 39.0 Å². The van der Waals surface area contributed by atoms with Gasteiger partial charge in [0.25, 0.3) is 21.6 Å². The Morgan fingerprint density at radius 1 is 0.899 bits per heavy atom. The Morgan fingerprint density at radius 3 is 2.58 bits per heavy atom. The third-order valence-corrected chi connectivity index (χ3v) is 17.7. The highest BCUT2D eigenvalue weighted by molar-refractivity contribution is 7.90. The fraction of sp³-hybridized carbons (Fsp3) is 0.490. The number of aromatic nitrogens is 2. The van der Waals surface area contributed by atoms with Crippen molar-refractivity contribution in [3.8, 4) is 11.6 Å². The predicted molar refractivity (Wildman–Crippen MR) is 259 cm³/mol. The molecule has 1 saturated carbocycles. The highest BCUT2D eigenvalue weighted by Gasteiger charge is 2.54. The molecule has 0 bridgehead atoms. The molecule has 1 amide bonds. The molecular formula is C51H58N8O9S. The van der Waals surface area contributed by atoms with Gasteiger partial charge in [0.05, 0.1) is 52.5 Å². The van der Waals surface area contributed by atoms with Crippen LogP contribution in [0.5, 0.6) is 11.6 Å². The fourth-order valence-corrected chi connectivity index (χ4v) is 13.6. The van der Waals surface area contributed by atoms with Gasteiger partial charge in [-0.2, -0.15) is 4.98 Å². The number of H-pyrrole nitrogens is 1. The lowest BCUT2D eigenvalue weighted by Gasteiger charge is -2.61. The maximum absolute atomic E-state index is 14.6. The molecule has 4 saturated heterocycles. The number of hydrogen-bond donors (Lipinski definition) is 3. The number of nitrogens with zero attached hydrogens (tertiary/aromatic N) is 5. The zero-order valence-electron chi connectivity index (χ0n) is 38.6. The van der Waals surface area contributed by atoms with E-state index < -0.39 is 37.5 Å². The minimum atomic E-state index is -4.59. The van der Waals surface area contributed by atoms with E-state index in [1.807, 2.05) is 35.4 Å². The van der Waals surface area contributed by atoms with Crippen LogP contribution in [0.4, 0.5) is 28.4 Å². The maximum atomic E-state index is 14.6. The number of nitro benzene ring substituents is 1. The van der Waals surface area contributed by atoms with Crippen LogP contribution in [0.2, 0.25) is 0 Å². The Kier molecular flexibility index (Phi) is 11.2. The second kappa shape index (κ2) is 17.5. The molecule has 3 atom stereocenters. The summed E-state index contributed by atoms with van der Waals surface area (Å²) in [5.74, 6) is 0.811. The summed E-state index contributed by atoms with van der Waals surface area (Å²) >= 11 is 0. The zero-order chi connectivity index (χ0) is 46.9. The highest BCUT2D eigenvalue weighted by atomic mass is 32.2. The number of likely N-dealkylation sites (tertiary alicyclic amines) is 1. The van der Waals surface area contributed by atoms with Crippen LogP contribution in [0, 0.1) is 21.4 Å². The second-order valence-electron chi connectivity index (χ2n) is 20.2. The molecule has 18 heteroatoms. The topological polar surface area (TPSA) is 194 Å². The lowest BCUT2D eigenvalue weighted by Crippen LogP contribution is -2.62. The summed E-state index contributed by atoms with van der Waals surface area (Å²) in [5.41, 5.74) is 4.26. The molecule has 17 nitrogen and oxygen atoms in total. The number of amides is 1. The van der Waals surface area contributed by atoms with Crippen LogP contribution >= 0.6 is 0 Å². The average Bonchev–Trinajstić information content (AvgIpc) is 4.03. The number of fused-ring (bicyclic) bond motifs is 5. The van der Waals surface area contributed by atoms with E-state index in [1.165, 1.54) is 49.8 Å². The van der Waals surface area contributed by atoms with Crippen LogP contribution in [0.25, 0.3) is 11.0 Å². The highest BCUT2D eigenvalue weighted by Crippen LogP contribution is 2.57. The molecule has 12 rings (SSSR count). The van der Waals surface area contributed by atoms with Gasteiger partial charge in [-0.3, -0.25) is 19.8 Å². The third-order valence-electron chi connectivity index (χ3n) is 16.4. The Balaban J connectivity index is 0.825. The fourth-order valence-electron chi connectivity index (χ4n) is 12.6. The van der Waals surface area contributed by atoms with Gasteiger partial charge in [0.15, 0.2) is 0 Å². The third kappa shape index (κ3) is 7.92. The number of carbonyl (C=O) groups excluding carboxylic acids is 1. The molecule has 1 aliphatic carbocycles. The van der Waals surface area contributed by atoms with Crippen molar-refractivity contribution in [1.82, 2.24) is 19.6 Å². The van der Waals surface area contributed by atoms with E-state index in [0.29, 0.717) is 61.9 Å². The van der Waals surface area contributed by atoms with E-state index >= 15 is 0 Å². The van der Waals surface area contributed by atoms with E-state index in [-0.39, 0.29) is 34.2 Å². The number of aromatic amines is 1. The molecule has 0 unspecified atom stereocenters. The molecule has 2 aromatic heterocycles. The van der Waals surface area contributed by atoms with Crippen molar-refractivity contribution in [3.05, 3.63) is 100 Å². The van der Waals surface area contributed by atoms with Crippen molar-refractivity contribution < 1.29 is 37.1 Å². The molecular weight excluding hydrogens is 901 g/mol. The van der Waals surface area contributed by atoms with Gasteiger partial charge in [0, 0.05) is 74.2 Å². The van der Waals surface area contributed by atoms with Gasteiger partial charge in [-0.15, -0.1) is 0 Å². The number of nitro groups is 1. The molecule has 362 valence electrons. The number of rotatable bonds is 10. The van der Waals surface area contributed by atoms with Crippen LogP contribution in [0.1, 0.15) is 80.1 Å². The summed E-state index contributed by atoms with van der Waals surface area (Å²) < 4.78 is 54.5. The number of nitrogens with one attached hydrogen (secondary N) is 3. The van der Waals surface area contributed by atoms with Crippen molar-refractivity contribution in [2.24, 2.45) is 11.3 Å². The summed E-state index contributed by atoms with van der Waals surface area (Å²) in [4.78, 5) is 41.1. The smallest absolute Gasteiger partial charge is 0.293 e. The number of hydrogen-bond acceptors (Lipinski definition) is 14. The average molecular weight is 959 g/mol. The predicted octanol–water partition coefficient (Wildman–Crippen LogP) is 7.64. The summed E-state index contributed by atoms with van der Waals surface area (Å²) in [6.45, 7) is 5.92. The van der Waals surface area contributed by atoms with Gasteiger partial charge in [-0.1, -0.05) is 18.2 Å². The summed E-state index contributed by atoms with van der Waals surface area (Å²) in [6.07, 6.45) is 12.2. The van der Waals surface area contributed by atoms with Crippen molar-refractivity contribution in [2.75, 3.05) is 74.3 Å². The molecule has 69 heavy (non-hydrogen) atoms. The first kappa shape index (κ1) is 44.3. The molecule has 2 spiro atoms. The van der Waals surface area contributed by atoms with E-state index in [4.69, 9.17) is 23.9 Å². The lowest BCUT2D eigenvalue weighted by molar-refractivity contribution is -0.384. The van der Waals surface area contributed by atoms with Gasteiger partial charge in [-0.25, -0.2) is 13.1 Å². The van der Waals surface area contributed by atoms with Gasteiger partial charge >= 0.3 is 0 Å². The zero-order valence-corrected chi connectivity index (χ0v) is 39.4. The van der Waals surface area contributed by atoms with E-state index in [0.717, 1.165) is 81.2 Å². The molecule has 3 aromatic carbocycles. The quantitative estimate of drug-likeness (QED) is 0.0913. The minimum Gasteiger partial charge on any atom is -0.493 e. The van der Waals surface area contributed by atoms with Gasteiger partial charge in [0.2, 0.25) is 5.88 Å². The van der Waals surface area contributed by atoms with Crippen LogP contribution in [0.15, 0.2) is 83.9 Å². The molecule has 6 aliphatic heterocycles. The SMILES string of the molecule is O=C(NS(=O)(=O)c1ccc(NCC2CCOCC2)c([N+](=O)[O-])c1)c1ccc(N2CCC3(CC2)CC(N2CCCC[C@]24CCOc2ccccc24)C3)cc1N1c2cc3cc[nH]c3nc2O[C@@H]2COC[C@H]21. The number of ether oxygens (including phenoxy) is 4. The standard InChI is InChI=1S/C51H58N8O9S/c60-48(55-69(63,64)37-8-10-40(42(27-37)59(61)62)53-30-33-12-22-65-23-13-33)38-9-7-35(26-41(38)58-43-25-34-11-18-52-47(34)54-49(43)68-46-32-66-31-44(46)58)56-20-15-50(16-21-56)28-36(29-50)57-19-4-3-14-51(57)17-24-67-45-6-2-1-5-39(45)51/h1-2,5-11,18,25-27,33,36,44,46,53H,3-4,12-17,19-24,28-32H2,(H,52,54)(H,55,60)/t44-,46-,51-/m1/s1. The maximum Gasteiger partial charge on any atom is 0.293 e. The number of carbonyl (C=O) groups is 1. The van der Waals surface area contributed by atoms with Crippen LogP contribution in [-0.4, -0.2) is 112 Å². The summed E-state index contributed by atoms with van der Waals surface area (Å²) in [5, 5.41) is 16.3. The van der Waals surface area contributed by atoms with E-state index in [9.17, 15) is 23.3 Å². The van der Waals surface area contributed by atoms with Crippen molar-refractivity contribution >= 4 is 55.4 Å². The lowest BCUT2D eigenvalue weighted by atomic mass is 9.58. The molecule has 5 fully saturated rings. The summed E-state index contributed by atoms with van der Waals surface area (Å²) in [6, 6.07) is 22.0. The monoisotopic (exact) mass is 958 g/mol. The Bertz CT molecular complexity index is 2910. The van der Waals surface area contributed by atoms with Gasteiger partial charge in [-0.05, 0) is 124 Å². The normalized spacial score (nSPS) is 24.8. The second-order valence-corrected chi connectivity index (χ2v) is 21.9. The minimum absolute atomic E-state index is 0.0400. The number of anilines is 4.